The van der Waals surface area contributed by atoms with Gasteiger partial charge in [0.15, 0.2) is 5.92 Å². The molecule has 1 aliphatic heterocycles. The third-order valence-electron chi connectivity index (χ3n) is 5.15. The van der Waals surface area contributed by atoms with Gasteiger partial charge in [0.05, 0.1) is 16.3 Å². The van der Waals surface area contributed by atoms with E-state index >= 15 is 0 Å². The summed E-state index contributed by atoms with van der Waals surface area (Å²) >= 11 is 1.38. The van der Waals surface area contributed by atoms with Crippen LogP contribution < -0.4 is 0 Å². The van der Waals surface area contributed by atoms with E-state index in [0.717, 1.165) is 10.2 Å². The summed E-state index contributed by atoms with van der Waals surface area (Å²) in [5, 5.41) is 10.2. The maximum Gasteiger partial charge on any atom is 0.253 e. The lowest BCUT2D eigenvalue weighted by Gasteiger charge is -2.40. The number of amides is 2. The van der Waals surface area contributed by atoms with Crippen LogP contribution in [-0.4, -0.2) is 52.3 Å². The van der Waals surface area contributed by atoms with Crippen LogP contribution in [0, 0.1) is 11.3 Å². The van der Waals surface area contributed by atoms with Crippen molar-refractivity contribution in [2.75, 3.05) is 19.6 Å². The van der Waals surface area contributed by atoms with E-state index in [1.807, 2.05) is 49.4 Å². The first-order valence-electron chi connectivity index (χ1n) is 9.48. The highest BCUT2D eigenvalue weighted by atomic mass is 32.1. The molecule has 2 heterocycles. The standard InChI is InChI=1S/C22H20N4O2S/c1-15-14-25(21(27)16-7-3-2-4-8-16)11-12-26(15)22(28)17(13-23)20-24-18-9-5-6-10-19(18)29-20/h2-10,15,17H,11-12,14H2,1H3. The molecule has 6 nitrogen and oxygen atoms in total. The fourth-order valence-corrected chi connectivity index (χ4v) is 4.63. The van der Waals surface area contributed by atoms with Crippen LogP contribution in [0.1, 0.15) is 28.2 Å². The molecule has 7 heteroatoms. The SMILES string of the molecule is CC1CN(C(=O)c2ccccc2)CCN1C(=O)C(C#N)c1nc2ccccc2s1. The number of hydrogen-bond donors (Lipinski definition) is 0. The van der Waals surface area contributed by atoms with Gasteiger partial charge >= 0.3 is 0 Å². The van der Waals surface area contributed by atoms with E-state index < -0.39 is 5.92 Å². The summed E-state index contributed by atoms with van der Waals surface area (Å²) in [7, 11) is 0. The van der Waals surface area contributed by atoms with Crippen molar-refractivity contribution in [2.45, 2.75) is 18.9 Å². The van der Waals surface area contributed by atoms with Gasteiger partial charge in [-0.05, 0) is 31.2 Å². The Labute approximate surface area is 173 Å². The molecule has 2 aromatic carbocycles. The largest absolute Gasteiger partial charge is 0.335 e. The van der Waals surface area contributed by atoms with Crippen molar-refractivity contribution in [2.24, 2.45) is 0 Å². The molecule has 146 valence electrons. The maximum absolute atomic E-state index is 13.1. The second-order valence-electron chi connectivity index (χ2n) is 7.08. The monoisotopic (exact) mass is 404 g/mol. The van der Waals surface area contributed by atoms with Crippen molar-refractivity contribution in [3.63, 3.8) is 0 Å². The summed E-state index contributed by atoms with van der Waals surface area (Å²) in [6.45, 7) is 3.20. The number of rotatable bonds is 3. The molecule has 0 radical (unpaired) electrons. The van der Waals surface area contributed by atoms with Crippen LogP contribution in [0.25, 0.3) is 10.2 Å². The third kappa shape index (κ3) is 3.71. The van der Waals surface area contributed by atoms with Crippen molar-refractivity contribution in [3.05, 3.63) is 65.2 Å². The molecule has 2 atom stereocenters. The number of aromatic nitrogens is 1. The highest BCUT2D eigenvalue weighted by molar-refractivity contribution is 7.18. The molecule has 29 heavy (non-hydrogen) atoms. The number of nitrogens with zero attached hydrogens (tertiary/aromatic N) is 4. The first kappa shape index (κ1) is 19.1. The Hall–Kier alpha value is -3.24. The van der Waals surface area contributed by atoms with Crippen molar-refractivity contribution >= 4 is 33.4 Å². The van der Waals surface area contributed by atoms with Gasteiger partial charge in [-0.25, -0.2) is 4.98 Å². The minimum Gasteiger partial charge on any atom is -0.335 e. The van der Waals surface area contributed by atoms with Crippen molar-refractivity contribution in [1.29, 1.82) is 5.26 Å². The lowest BCUT2D eigenvalue weighted by molar-refractivity contribution is -0.135. The summed E-state index contributed by atoms with van der Waals surface area (Å²) in [5.41, 5.74) is 1.44. The fourth-order valence-electron chi connectivity index (χ4n) is 3.63. The molecule has 2 amide bonds. The molecule has 0 bridgehead atoms. The van der Waals surface area contributed by atoms with Gasteiger partial charge in [0.2, 0.25) is 5.91 Å². The van der Waals surface area contributed by atoms with E-state index in [9.17, 15) is 14.9 Å². The van der Waals surface area contributed by atoms with Crippen LogP contribution >= 0.6 is 11.3 Å². The van der Waals surface area contributed by atoms with Gasteiger partial charge in [0.25, 0.3) is 5.91 Å². The zero-order chi connectivity index (χ0) is 20.4. The minimum absolute atomic E-state index is 0.0347. The Bertz CT molecular complexity index is 1060. The molecule has 3 aromatic rings. The van der Waals surface area contributed by atoms with E-state index in [1.54, 1.807) is 21.9 Å². The first-order chi connectivity index (χ1) is 14.1. The van der Waals surface area contributed by atoms with Crippen LogP contribution in [0.4, 0.5) is 0 Å². The van der Waals surface area contributed by atoms with Crippen molar-refractivity contribution < 1.29 is 9.59 Å². The van der Waals surface area contributed by atoms with Crippen LogP contribution in [0.15, 0.2) is 54.6 Å². The van der Waals surface area contributed by atoms with Gasteiger partial charge in [-0.3, -0.25) is 9.59 Å². The highest BCUT2D eigenvalue weighted by Crippen LogP contribution is 2.29. The molecule has 1 aromatic heterocycles. The van der Waals surface area contributed by atoms with Crippen LogP contribution in [0.5, 0.6) is 0 Å². The molecule has 0 spiro atoms. The Morgan fingerprint density at radius 3 is 2.55 bits per heavy atom. The number of piperazine rings is 1. The van der Waals surface area contributed by atoms with Gasteiger partial charge in [-0.15, -0.1) is 11.3 Å². The molecule has 4 rings (SSSR count). The molecule has 0 aliphatic carbocycles. The second-order valence-corrected chi connectivity index (χ2v) is 8.14. The van der Waals surface area contributed by atoms with E-state index in [2.05, 4.69) is 11.1 Å². The van der Waals surface area contributed by atoms with Crippen molar-refractivity contribution in [1.82, 2.24) is 14.8 Å². The van der Waals surface area contributed by atoms with Gasteiger partial charge in [-0.2, -0.15) is 5.26 Å². The van der Waals surface area contributed by atoms with Gasteiger partial charge < -0.3 is 9.80 Å². The summed E-state index contributed by atoms with van der Waals surface area (Å²) < 4.78 is 0.960. The van der Waals surface area contributed by atoms with Gasteiger partial charge in [0, 0.05) is 31.2 Å². The molecule has 1 aliphatic rings. The zero-order valence-electron chi connectivity index (χ0n) is 16.0. The van der Waals surface area contributed by atoms with Crippen LogP contribution in [0.3, 0.4) is 0 Å². The molecule has 0 N–H and O–H groups in total. The minimum atomic E-state index is -0.925. The number of nitriles is 1. The number of para-hydroxylation sites is 1. The quantitative estimate of drug-likeness (QED) is 0.671. The normalized spacial score (nSPS) is 17.7. The van der Waals surface area contributed by atoms with Gasteiger partial charge in [0.1, 0.15) is 5.01 Å². The Balaban J connectivity index is 1.49. The maximum atomic E-state index is 13.1. The van der Waals surface area contributed by atoms with Crippen molar-refractivity contribution in [3.8, 4) is 6.07 Å². The fraction of sp³-hybridized carbons (Fsp3) is 0.273. The van der Waals surface area contributed by atoms with E-state index in [-0.39, 0.29) is 17.9 Å². The average Bonchev–Trinajstić information content (AvgIpc) is 3.18. The summed E-state index contributed by atoms with van der Waals surface area (Å²) in [4.78, 5) is 33.8. The smallest absolute Gasteiger partial charge is 0.253 e. The number of hydrogen-bond acceptors (Lipinski definition) is 5. The first-order valence-corrected chi connectivity index (χ1v) is 10.3. The van der Waals surface area contributed by atoms with E-state index in [4.69, 9.17) is 0 Å². The van der Waals surface area contributed by atoms with Crippen LogP contribution in [0.2, 0.25) is 0 Å². The number of carbonyl (C=O) groups is 2. The number of thiazole rings is 1. The Kier molecular flexibility index (Phi) is 5.28. The Morgan fingerprint density at radius 2 is 1.86 bits per heavy atom. The van der Waals surface area contributed by atoms with E-state index in [1.165, 1.54) is 11.3 Å². The molecule has 2 unspecified atom stereocenters. The van der Waals surface area contributed by atoms with E-state index in [0.29, 0.717) is 30.2 Å². The third-order valence-corrected chi connectivity index (χ3v) is 6.25. The predicted molar refractivity (Wildman–Crippen MR) is 111 cm³/mol. The summed E-state index contributed by atoms with van der Waals surface area (Å²) in [5.74, 6) is -1.20. The molecule has 0 saturated carbocycles. The molecule has 1 fully saturated rings. The average molecular weight is 404 g/mol. The second kappa shape index (κ2) is 8.02. The summed E-state index contributed by atoms with van der Waals surface area (Å²) in [6.07, 6.45) is 0. The molecular weight excluding hydrogens is 384 g/mol. The molecule has 1 saturated heterocycles. The lowest BCUT2D eigenvalue weighted by atomic mass is 10.1. The van der Waals surface area contributed by atoms with Crippen LogP contribution in [-0.2, 0) is 4.79 Å². The lowest BCUT2D eigenvalue weighted by Crippen LogP contribution is -2.56. The highest BCUT2D eigenvalue weighted by Gasteiger charge is 2.35. The number of benzene rings is 2. The van der Waals surface area contributed by atoms with Gasteiger partial charge in [-0.1, -0.05) is 30.3 Å². The number of fused-ring (bicyclic) bond motifs is 1. The number of carbonyl (C=O) groups excluding carboxylic acids is 2. The Morgan fingerprint density at radius 1 is 1.14 bits per heavy atom. The summed E-state index contributed by atoms with van der Waals surface area (Å²) in [6, 6.07) is 18.7. The zero-order valence-corrected chi connectivity index (χ0v) is 16.8. The topological polar surface area (TPSA) is 77.3 Å². The predicted octanol–water partition coefficient (Wildman–Crippen LogP) is 3.28. The molecular formula is C22H20N4O2S.